The van der Waals surface area contributed by atoms with Gasteiger partial charge in [-0.3, -0.25) is 9.59 Å². The molecule has 0 saturated carbocycles. The Morgan fingerprint density at radius 1 is 1.06 bits per heavy atom. The first-order valence-corrected chi connectivity index (χ1v) is 10.9. The number of fused-ring (bicyclic) bond motifs is 1. The summed E-state index contributed by atoms with van der Waals surface area (Å²) in [6.07, 6.45) is 1.77. The minimum absolute atomic E-state index is 0.277. The van der Waals surface area contributed by atoms with Crippen LogP contribution < -0.4 is 24.3 Å². The fourth-order valence-corrected chi connectivity index (χ4v) is 4.06. The van der Waals surface area contributed by atoms with Crippen molar-refractivity contribution >= 4 is 28.3 Å². The molecule has 0 amide bonds. The van der Waals surface area contributed by atoms with Crippen molar-refractivity contribution in [3.8, 4) is 28.6 Å². The van der Waals surface area contributed by atoms with E-state index in [0.717, 1.165) is 5.56 Å². The summed E-state index contributed by atoms with van der Waals surface area (Å²) in [5.41, 5.74) is 1.07. The highest BCUT2D eigenvalue weighted by Crippen LogP contribution is 2.29. The first kappa shape index (κ1) is 21.5. The summed E-state index contributed by atoms with van der Waals surface area (Å²) in [6.45, 7) is 6.17. The summed E-state index contributed by atoms with van der Waals surface area (Å²) in [5.74, 6) is 1.50. The fourth-order valence-electron chi connectivity index (χ4n) is 3.15. The Bertz CT molecular complexity index is 1390. The van der Waals surface area contributed by atoms with E-state index in [-0.39, 0.29) is 5.56 Å². The molecule has 4 aromatic rings. The summed E-state index contributed by atoms with van der Waals surface area (Å²) in [5, 5.41) is 4.35. The molecule has 0 aliphatic heterocycles. The molecular weight excluding hydrogens is 430 g/mol. The summed E-state index contributed by atoms with van der Waals surface area (Å²) >= 11 is 1.23. The Morgan fingerprint density at radius 2 is 1.81 bits per heavy atom. The number of carbonyl (C=O) groups excluding carboxylic acids is 1. The third kappa shape index (κ3) is 4.33. The second-order valence-electron chi connectivity index (χ2n) is 6.71. The van der Waals surface area contributed by atoms with Gasteiger partial charge in [0.2, 0.25) is 4.96 Å². The van der Waals surface area contributed by atoms with Gasteiger partial charge in [0.25, 0.3) is 5.56 Å². The average molecular weight is 452 g/mol. The molecule has 2 heterocycles. The van der Waals surface area contributed by atoms with Crippen molar-refractivity contribution in [2.24, 2.45) is 0 Å². The topological polar surface area (TPSA) is 92.0 Å². The molecule has 164 valence electrons. The fraction of sp³-hybridized carbons (Fsp3) is 0.217. The van der Waals surface area contributed by atoms with Crippen LogP contribution in [0.1, 0.15) is 26.3 Å². The molecule has 9 heteroatoms. The van der Waals surface area contributed by atoms with Crippen LogP contribution in [0, 0.1) is 0 Å². The van der Waals surface area contributed by atoms with E-state index in [1.54, 1.807) is 30.3 Å². The van der Waals surface area contributed by atoms with Gasteiger partial charge >= 0.3 is 5.97 Å². The van der Waals surface area contributed by atoms with Crippen molar-refractivity contribution in [3.05, 3.63) is 62.9 Å². The lowest BCUT2D eigenvalue weighted by Gasteiger charge is -2.11. The third-order valence-electron chi connectivity index (χ3n) is 4.43. The number of esters is 1. The van der Waals surface area contributed by atoms with E-state index in [9.17, 15) is 9.59 Å². The molecule has 32 heavy (non-hydrogen) atoms. The third-order valence-corrected chi connectivity index (χ3v) is 5.39. The Hall–Kier alpha value is -3.72. The number of aromatic nitrogens is 3. The molecule has 0 spiro atoms. The number of thiazole rings is 1. The molecular formula is C23H21N3O5S. The van der Waals surface area contributed by atoms with Crippen LogP contribution in [0.2, 0.25) is 0 Å². The highest BCUT2D eigenvalue weighted by molar-refractivity contribution is 7.15. The summed E-state index contributed by atoms with van der Waals surface area (Å²) in [6, 6.07) is 12.5. The maximum Gasteiger partial charge on any atom is 0.308 e. The normalized spacial score (nSPS) is 11.7. The van der Waals surface area contributed by atoms with Crippen LogP contribution in [0.25, 0.3) is 22.4 Å². The van der Waals surface area contributed by atoms with Gasteiger partial charge in [0.15, 0.2) is 17.3 Å². The van der Waals surface area contributed by atoms with Crippen LogP contribution in [0.4, 0.5) is 0 Å². The van der Waals surface area contributed by atoms with Crippen LogP contribution in [0.15, 0.2) is 47.3 Å². The standard InChI is InChI=1S/C23H21N3O5S/c1-4-29-18-11-10-15(12-19(18)30-5-2)13-20-22(28)26-23(32-20)24-21(25-26)16-8-6-7-9-17(16)31-14(3)27/h6-13H,4-5H2,1-3H3/b20-13-. The number of rotatable bonds is 7. The Labute approximate surface area is 187 Å². The van der Waals surface area contributed by atoms with Crippen molar-refractivity contribution in [1.82, 2.24) is 14.6 Å². The quantitative estimate of drug-likeness (QED) is 0.315. The lowest BCUT2D eigenvalue weighted by molar-refractivity contribution is -0.131. The Kier molecular flexibility index (Phi) is 6.18. The van der Waals surface area contributed by atoms with Crippen molar-refractivity contribution in [2.75, 3.05) is 13.2 Å². The summed E-state index contributed by atoms with van der Waals surface area (Å²) in [4.78, 5) is 29.2. The number of para-hydroxylation sites is 1. The number of ether oxygens (including phenoxy) is 3. The van der Waals surface area contributed by atoms with E-state index in [1.165, 1.54) is 22.8 Å². The molecule has 0 unspecified atom stereocenters. The largest absolute Gasteiger partial charge is 0.490 e. The van der Waals surface area contributed by atoms with Crippen LogP contribution in [-0.2, 0) is 4.79 Å². The monoisotopic (exact) mass is 451 g/mol. The van der Waals surface area contributed by atoms with Crippen LogP contribution >= 0.6 is 11.3 Å². The molecule has 2 aromatic heterocycles. The molecule has 0 bridgehead atoms. The molecule has 0 saturated heterocycles. The van der Waals surface area contributed by atoms with Crippen LogP contribution in [0.5, 0.6) is 17.2 Å². The maximum atomic E-state index is 12.9. The second kappa shape index (κ2) is 9.19. The minimum atomic E-state index is -0.443. The second-order valence-corrected chi connectivity index (χ2v) is 7.72. The number of benzene rings is 2. The van der Waals surface area contributed by atoms with E-state index < -0.39 is 5.97 Å². The van der Waals surface area contributed by atoms with E-state index >= 15 is 0 Å². The molecule has 2 aromatic carbocycles. The van der Waals surface area contributed by atoms with Crippen molar-refractivity contribution < 1.29 is 19.0 Å². The predicted octanol–water partition coefficient (Wildman–Crippen LogP) is 3.09. The molecule has 4 rings (SSSR count). The number of nitrogens with zero attached hydrogens (tertiary/aromatic N) is 3. The maximum absolute atomic E-state index is 12.9. The van der Waals surface area contributed by atoms with Crippen molar-refractivity contribution in [2.45, 2.75) is 20.8 Å². The Balaban J connectivity index is 1.73. The van der Waals surface area contributed by atoms with Gasteiger partial charge in [-0.2, -0.15) is 9.50 Å². The molecule has 0 radical (unpaired) electrons. The van der Waals surface area contributed by atoms with E-state index in [2.05, 4.69) is 10.1 Å². The van der Waals surface area contributed by atoms with E-state index in [4.69, 9.17) is 14.2 Å². The zero-order valence-electron chi connectivity index (χ0n) is 17.8. The highest BCUT2D eigenvalue weighted by atomic mass is 32.1. The van der Waals surface area contributed by atoms with E-state index in [0.29, 0.717) is 51.3 Å². The zero-order valence-corrected chi connectivity index (χ0v) is 18.6. The SMILES string of the molecule is CCOc1ccc(/C=c2\sc3nc(-c4ccccc4OC(C)=O)nn3c2=O)cc1OCC. The van der Waals surface area contributed by atoms with Gasteiger partial charge in [0.05, 0.1) is 23.3 Å². The first-order valence-electron chi connectivity index (χ1n) is 10.1. The van der Waals surface area contributed by atoms with Gasteiger partial charge in [-0.05, 0) is 49.8 Å². The van der Waals surface area contributed by atoms with Crippen molar-refractivity contribution in [3.63, 3.8) is 0 Å². The minimum Gasteiger partial charge on any atom is -0.490 e. The van der Waals surface area contributed by atoms with Gasteiger partial charge in [-0.25, -0.2) is 0 Å². The summed E-state index contributed by atoms with van der Waals surface area (Å²) in [7, 11) is 0. The molecule has 0 aliphatic carbocycles. The molecule has 0 aliphatic rings. The zero-order chi connectivity index (χ0) is 22.7. The van der Waals surface area contributed by atoms with E-state index in [1.807, 2.05) is 32.0 Å². The highest BCUT2D eigenvalue weighted by Gasteiger charge is 2.16. The summed E-state index contributed by atoms with van der Waals surface area (Å²) < 4.78 is 18.2. The Morgan fingerprint density at radius 3 is 2.53 bits per heavy atom. The molecule has 8 nitrogen and oxygen atoms in total. The van der Waals surface area contributed by atoms with Gasteiger partial charge in [-0.1, -0.05) is 29.5 Å². The number of hydrogen-bond donors (Lipinski definition) is 0. The van der Waals surface area contributed by atoms with Gasteiger partial charge in [-0.15, -0.1) is 5.10 Å². The smallest absolute Gasteiger partial charge is 0.308 e. The van der Waals surface area contributed by atoms with Gasteiger partial charge in [0.1, 0.15) is 5.75 Å². The van der Waals surface area contributed by atoms with Crippen LogP contribution in [0.3, 0.4) is 0 Å². The van der Waals surface area contributed by atoms with Gasteiger partial charge in [0, 0.05) is 6.92 Å². The average Bonchev–Trinajstić information content (AvgIpc) is 3.30. The molecule has 0 fully saturated rings. The van der Waals surface area contributed by atoms with Gasteiger partial charge < -0.3 is 14.2 Å². The number of hydrogen-bond acceptors (Lipinski definition) is 8. The molecule has 0 atom stereocenters. The van der Waals surface area contributed by atoms with Crippen molar-refractivity contribution in [1.29, 1.82) is 0 Å². The predicted molar refractivity (Wildman–Crippen MR) is 121 cm³/mol. The lowest BCUT2D eigenvalue weighted by Crippen LogP contribution is -2.23. The van der Waals surface area contributed by atoms with Crippen LogP contribution in [-0.4, -0.2) is 33.8 Å². The lowest BCUT2D eigenvalue weighted by atomic mass is 10.2. The number of carbonyl (C=O) groups is 1. The molecule has 0 N–H and O–H groups in total. The first-order chi connectivity index (χ1) is 15.5.